The van der Waals surface area contributed by atoms with E-state index in [2.05, 4.69) is 0 Å². The fraction of sp³-hybridized carbons (Fsp3) is 0.351. The first-order valence-corrected chi connectivity index (χ1v) is 15.2. The summed E-state index contributed by atoms with van der Waals surface area (Å²) in [4.78, 5) is 0. The fourth-order valence-electron chi connectivity index (χ4n) is 5.42. The lowest BCUT2D eigenvalue weighted by atomic mass is 9.91. The highest BCUT2D eigenvalue weighted by molar-refractivity contribution is 5.16. The molecular formula is C37H42O7. The Morgan fingerprint density at radius 3 is 1.34 bits per heavy atom. The summed E-state index contributed by atoms with van der Waals surface area (Å²) in [7, 11) is 0. The van der Waals surface area contributed by atoms with Crippen molar-refractivity contribution in [1.29, 1.82) is 0 Å². The van der Waals surface area contributed by atoms with Gasteiger partial charge in [0.1, 0.15) is 24.4 Å². The van der Waals surface area contributed by atoms with Crippen LogP contribution in [0.25, 0.3) is 0 Å². The van der Waals surface area contributed by atoms with Crippen LogP contribution in [0.1, 0.15) is 28.7 Å². The van der Waals surface area contributed by atoms with Gasteiger partial charge < -0.3 is 33.9 Å². The van der Waals surface area contributed by atoms with Gasteiger partial charge in [0.25, 0.3) is 0 Å². The minimum absolute atomic E-state index is 0.168. The number of aliphatic hydroxyl groups is 2. The van der Waals surface area contributed by atoms with E-state index in [9.17, 15) is 10.2 Å². The van der Waals surface area contributed by atoms with Crippen LogP contribution in [0.15, 0.2) is 121 Å². The smallest absolute Gasteiger partial charge is 0.115 e. The molecule has 0 aromatic heterocycles. The van der Waals surface area contributed by atoms with Crippen molar-refractivity contribution in [1.82, 2.24) is 0 Å². The molecule has 1 aliphatic rings. The lowest BCUT2D eigenvalue weighted by Crippen LogP contribution is -2.61. The maximum Gasteiger partial charge on any atom is 0.115 e. The van der Waals surface area contributed by atoms with Crippen LogP contribution in [0.4, 0.5) is 0 Å². The van der Waals surface area contributed by atoms with E-state index in [1.165, 1.54) is 0 Å². The molecule has 1 fully saturated rings. The minimum Gasteiger partial charge on any atom is -0.394 e. The van der Waals surface area contributed by atoms with Crippen molar-refractivity contribution in [2.75, 3.05) is 13.2 Å². The highest BCUT2D eigenvalue weighted by Crippen LogP contribution is 2.33. The molecule has 3 unspecified atom stereocenters. The largest absolute Gasteiger partial charge is 0.394 e. The molecule has 5 rings (SSSR count). The van der Waals surface area contributed by atoms with Crippen LogP contribution in [0, 0.1) is 0 Å². The minimum atomic E-state index is -0.981. The van der Waals surface area contributed by atoms with E-state index in [0.29, 0.717) is 26.4 Å². The first-order chi connectivity index (χ1) is 21.7. The van der Waals surface area contributed by atoms with Gasteiger partial charge in [-0.15, -0.1) is 0 Å². The van der Waals surface area contributed by atoms with E-state index >= 15 is 0 Å². The summed E-state index contributed by atoms with van der Waals surface area (Å²) in [6.45, 7) is 1.30. The summed E-state index contributed by atoms with van der Waals surface area (Å²) in [6.07, 6.45) is -3.60. The Balaban J connectivity index is 1.43. The van der Waals surface area contributed by atoms with Gasteiger partial charge in [-0.25, -0.2) is 0 Å². The van der Waals surface area contributed by atoms with Gasteiger partial charge in [0.2, 0.25) is 0 Å². The molecule has 232 valence electrons. The van der Waals surface area contributed by atoms with Crippen molar-refractivity contribution in [3.05, 3.63) is 144 Å². The molecule has 44 heavy (non-hydrogen) atoms. The second-order valence-electron chi connectivity index (χ2n) is 11.1. The SMILES string of the molecule is OC[C@H](O)C[C@H]1OC(COCc2ccccc2)[C@@H](OCc2ccccc2)C(OCc2ccccc2)C1OCc1ccccc1. The molecule has 4 aromatic rings. The van der Waals surface area contributed by atoms with E-state index in [1.807, 2.05) is 121 Å². The molecule has 0 saturated carbocycles. The Kier molecular flexibility index (Phi) is 12.5. The number of ether oxygens (including phenoxy) is 5. The summed E-state index contributed by atoms with van der Waals surface area (Å²) in [6, 6.07) is 39.9. The first kappa shape index (κ1) is 32.0. The molecule has 0 spiro atoms. The Bertz CT molecular complexity index is 1320. The Labute approximate surface area is 259 Å². The van der Waals surface area contributed by atoms with E-state index in [4.69, 9.17) is 23.7 Å². The van der Waals surface area contributed by atoms with Gasteiger partial charge in [0, 0.05) is 6.42 Å². The highest BCUT2D eigenvalue weighted by atomic mass is 16.6. The number of rotatable bonds is 16. The first-order valence-electron chi connectivity index (χ1n) is 15.2. The maximum absolute atomic E-state index is 10.5. The molecular weight excluding hydrogens is 556 g/mol. The van der Waals surface area contributed by atoms with Gasteiger partial charge in [-0.1, -0.05) is 121 Å². The average molecular weight is 599 g/mol. The molecule has 0 radical (unpaired) electrons. The zero-order chi connectivity index (χ0) is 30.4. The second kappa shape index (κ2) is 17.2. The second-order valence-corrected chi connectivity index (χ2v) is 11.1. The van der Waals surface area contributed by atoms with Crippen LogP contribution in [0.2, 0.25) is 0 Å². The third kappa shape index (κ3) is 9.55. The molecule has 1 saturated heterocycles. The van der Waals surface area contributed by atoms with Crippen molar-refractivity contribution >= 4 is 0 Å². The van der Waals surface area contributed by atoms with Gasteiger partial charge in [-0.05, 0) is 22.3 Å². The van der Waals surface area contributed by atoms with Gasteiger partial charge in [-0.2, -0.15) is 0 Å². The molecule has 0 aliphatic carbocycles. The predicted molar refractivity (Wildman–Crippen MR) is 168 cm³/mol. The Morgan fingerprint density at radius 1 is 0.523 bits per heavy atom. The van der Waals surface area contributed by atoms with E-state index < -0.39 is 36.6 Å². The van der Waals surface area contributed by atoms with E-state index in [1.54, 1.807) is 0 Å². The Hall–Kier alpha value is -3.40. The summed E-state index contributed by atoms with van der Waals surface area (Å²) in [5.41, 5.74) is 4.10. The summed E-state index contributed by atoms with van der Waals surface area (Å²) < 4.78 is 32.7. The van der Waals surface area contributed by atoms with Gasteiger partial charge in [0.15, 0.2) is 0 Å². The van der Waals surface area contributed by atoms with Crippen LogP contribution in [0.3, 0.4) is 0 Å². The molecule has 7 nitrogen and oxygen atoms in total. The maximum atomic E-state index is 10.5. The van der Waals surface area contributed by atoms with Gasteiger partial charge in [-0.3, -0.25) is 0 Å². The van der Waals surface area contributed by atoms with Crippen molar-refractivity contribution in [3.63, 3.8) is 0 Å². The lowest BCUT2D eigenvalue weighted by Gasteiger charge is -2.46. The van der Waals surface area contributed by atoms with E-state index in [-0.39, 0.29) is 19.6 Å². The van der Waals surface area contributed by atoms with Crippen molar-refractivity contribution in [2.24, 2.45) is 0 Å². The quantitative estimate of drug-likeness (QED) is 0.177. The van der Waals surface area contributed by atoms with Crippen molar-refractivity contribution in [2.45, 2.75) is 69.5 Å². The normalized spacial score (nSPS) is 22.5. The number of aliphatic hydroxyl groups excluding tert-OH is 2. The molecule has 1 aliphatic heterocycles. The fourth-order valence-corrected chi connectivity index (χ4v) is 5.42. The molecule has 0 amide bonds. The molecule has 7 heteroatoms. The standard InChI is InChI=1S/C37H42O7/c38-22-32(39)21-33-35(41-24-29-15-7-2-8-16-29)37(43-26-31-19-11-4-12-20-31)36(42-25-30-17-9-3-10-18-30)34(44-33)27-40-23-28-13-5-1-6-14-28/h1-20,32-39H,21-27H2/t32-,33-,34?,35?,36-,37?/m1/s1. The van der Waals surface area contributed by atoms with Crippen LogP contribution >= 0.6 is 0 Å². The van der Waals surface area contributed by atoms with Crippen molar-refractivity contribution in [3.8, 4) is 0 Å². The van der Waals surface area contributed by atoms with Crippen molar-refractivity contribution < 1.29 is 33.9 Å². The predicted octanol–water partition coefficient (Wildman–Crippen LogP) is 5.47. The van der Waals surface area contributed by atoms with Gasteiger partial charge >= 0.3 is 0 Å². The molecule has 0 bridgehead atoms. The molecule has 6 atom stereocenters. The van der Waals surface area contributed by atoms with Crippen LogP contribution in [-0.4, -0.2) is 60.1 Å². The topological polar surface area (TPSA) is 86.6 Å². The zero-order valence-electron chi connectivity index (χ0n) is 24.9. The molecule has 4 aromatic carbocycles. The molecule has 1 heterocycles. The summed E-state index contributed by atoms with van der Waals surface area (Å²) in [5.74, 6) is 0. The van der Waals surface area contributed by atoms with Gasteiger partial charge in [0.05, 0.1) is 51.8 Å². The van der Waals surface area contributed by atoms with E-state index in [0.717, 1.165) is 22.3 Å². The highest BCUT2D eigenvalue weighted by Gasteiger charge is 2.48. The van der Waals surface area contributed by atoms with Crippen LogP contribution in [0.5, 0.6) is 0 Å². The summed E-state index contributed by atoms with van der Waals surface area (Å²) in [5, 5.41) is 20.3. The third-order valence-corrected chi connectivity index (χ3v) is 7.69. The van der Waals surface area contributed by atoms with Crippen LogP contribution < -0.4 is 0 Å². The average Bonchev–Trinajstić information content (AvgIpc) is 3.08. The molecule has 2 N–H and O–H groups in total. The number of hydrogen-bond acceptors (Lipinski definition) is 7. The monoisotopic (exact) mass is 598 g/mol. The summed E-state index contributed by atoms with van der Waals surface area (Å²) >= 11 is 0. The lowest BCUT2D eigenvalue weighted by molar-refractivity contribution is -0.276. The zero-order valence-corrected chi connectivity index (χ0v) is 24.9. The number of benzene rings is 4. The van der Waals surface area contributed by atoms with Crippen LogP contribution in [-0.2, 0) is 50.1 Å². The Morgan fingerprint density at radius 2 is 0.909 bits per heavy atom. The third-order valence-electron chi connectivity index (χ3n) is 7.69. The number of hydrogen-bond donors (Lipinski definition) is 2.